The van der Waals surface area contributed by atoms with Gasteiger partial charge in [0, 0.05) is 12.6 Å². The molecule has 0 saturated heterocycles. The Balaban J connectivity index is 1.92. The third-order valence-electron chi connectivity index (χ3n) is 2.83. The summed E-state index contributed by atoms with van der Waals surface area (Å²) in [6, 6.07) is 5.03. The number of benzene rings is 1. The van der Waals surface area contributed by atoms with E-state index in [0.29, 0.717) is 30.3 Å². The predicted octanol–water partition coefficient (Wildman–Crippen LogP) is 1.20. The number of urea groups is 1. The molecule has 0 bridgehead atoms. The van der Waals surface area contributed by atoms with Crippen LogP contribution in [0.1, 0.15) is 25.5 Å². The highest BCUT2D eigenvalue weighted by Crippen LogP contribution is 2.32. The van der Waals surface area contributed by atoms with Gasteiger partial charge in [-0.25, -0.2) is 4.79 Å². The number of aliphatic hydroxyl groups excluding tert-OH is 1. The number of rotatable bonds is 4. The third kappa shape index (κ3) is 3.77. The molecule has 20 heavy (non-hydrogen) atoms. The molecule has 1 aromatic rings. The molecule has 1 aliphatic heterocycles. The van der Waals surface area contributed by atoms with E-state index in [1.807, 2.05) is 13.8 Å². The zero-order valence-electron chi connectivity index (χ0n) is 11.7. The van der Waals surface area contributed by atoms with Crippen LogP contribution in [0.2, 0.25) is 0 Å². The molecule has 0 fully saturated rings. The van der Waals surface area contributed by atoms with E-state index in [1.54, 1.807) is 18.2 Å². The second kappa shape index (κ2) is 6.47. The van der Waals surface area contributed by atoms with Gasteiger partial charge in [-0.1, -0.05) is 6.07 Å². The zero-order chi connectivity index (χ0) is 14.5. The summed E-state index contributed by atoms with van der Waals surface area (Å²) in [4.78, 5) is 11.4. The first-order chi connectivity index (χ1) is 9.56. The summed E-state index contributed by atoms with van der Waals surface area (Å²) in [5.74, 6) is 1.30. The van der Waals surface area contributed by atoms with Gasteiger partial charge >= 0.3 is 6.03 Å². The van der Waals surface area contributed by atoms with Crippen LogP contribution in [0.15, 0.2) is 18.2 Å². The van der Waals surface area contributed by atoms with Crippen LogP contribution in [0.3, 0.4) is 0 Å². The van der Waals surface area contributed by atoms with E-state index in [4.69, 9.17) is 9.47 Å². The van der Waals surface area contributed by atoms with Crippen molar-refractivity contribution in [2.24, 2.45) is 0 Å². The van der Waals surface area contributed by atoms with Gasteiger partial charge in [0.1, 0.15) is 13.2 Å². The Labute approximate surface area is 118 Å². The number of ether oxygens (including phenoxy) is 2. The summed E-state index contributed by atoms with van der Waals surface area (Å²) in [6.07, 6.45) is -0.788. The second-order valence-corrected chi connectivity index (χ2v) is 4.93. The third-order valence-corrected chi connectivity index (χ3v) is 2.83. The highest BCUT2D eigenvalue weighted by molar-refractivity contribution is 5.74. The lowest BCUT2D eigenvalue weighted by atomic mass is 10.1. The molecule has 0 unspecified atom stereocenters. The lowest BCUT2D eigenvalue weighted by Gasteiger charge is -2.20. The number of hydrogen-bond donors (Lipinski definition) is 3. The Morgan fingerprint density at radius 1 is 1.30 bits per heavy atom. The normalized spacial score (nSPS) is 14.8. The van der Waals surface area contributed by atoms with Gasteiger partial charge in [0.25, 0.3) is 0 Å². The minimum atomic E-state index is -0.788. The zero-order valence-corrected chi connectivity index (χ0v) is 11.7. The van der Waals surface area contributed by atoms with Gasteiger partial charge in [-0.3, -0.25) is 0 Å². The van der Waals surface area contributed by atoms with Crippen LogP contribution in [0.4, 0.5) is 4.79 Å². The number of amides is 2. The molecule has 6 nitrogen and oxygen atoms in total. The molecule has 0 aliphatic carbocycles. The minimum absolute atomic E-state index is 0.0569. The van der Waals surface area contributed by atoms with Gasteiger partial charge in [0.2, 0.25) is 0 Å². The molecule has 1 heterocycles. The van der Waals surface area contributed by atoms with Crippen molar-refractivity contribution in [3.05, 3.63) is 23.8 Å². The first-order valence-corrected chi connectivity index (χ1v) is 6.68. The monoisotopic (exact) mass is 280 g/mol. The number of fused-ring (bicyclic) bond motifs is 1. The van der Waals surface area contributed by atoms with Crippen LogP contribution >= 0.6 is 0 Å². The van der Waals surface area contributed by atoms with Crippen molar-refractivity contribution in [3.63, 3.8) is 0 Å². The molecule has 6 heteroatoms. The van der Waals surface area contributed by atoms with Gasteiger partial charge in [-0.05, 0) is 31.5 Å². The van der Waals surface area contributed by atoms with Crippen LogP contribution in [0, 0.1) is 0 Å². The molecule has 0 aromatic heterocycles. The van der Waals surface area contributed by atoms with E-state index in [1.165, 1.54) is 0 Å². The van der Waals surface area contributed by atoms with E-state index in [2.05, 4.69) is 10.6 Å². The van der Waals surface area contributed by atoms with E-state index in [-0.39, 0.29) is 18.6 Å². The molecule has 1 aliphatic rings. The Bertz CT molecular complexity index is 476. The van der Waals surface area contributed by atoms with Gasteiger partial charge in [0.15, 0.2) is 11.5 Å². The van der Waals surface area contributed by atoms with Crippen molar-refractivity contribution in [2.45, 2.75) is 26.0 Å². The van der Waals surface area contributed by atoms with Crippen LogP contribution < -0.4 is 20.1 Å². The Hall–Kier alpha value is -1.95. The molecule has 0 spiro atoms. The van der Waals surface area contributed by atoms with Crippen LogP contribution in [-0.2, 0) is 0 Å². The quantitative estimate of drug-likeness (QED) is 0.774. The predicted molar refractivity (Wildman–Crippen MR) is 74.1 cm³/mol. The standard InChI is InChI=1S/C14H20N2O4/c1-9(2)16-14(18)15-8-11(17)10-3-4-12-13(7-10)20-6-5-19-12/h3-4,7,9,11,17H,5-6,8H2,1-2H3,(H2,15,16,18)/t11-/m0/s1. The average Bonchev–Trinajstić information content (AvgIpc) is 2.43. The van der Waals surface area contributed by atoms with Crippen molar-refractivity contribution in [1.82, 2.24) is 10.6 Å². The van der Waals surface area contributed by atoms with E-state index in [9.17, 15) is 9.90 Å². The largest absolute Gasteiger partial charge is 0.486 e. The molecule has 1 aromatic carbocycles. The first-order valence-electron chi connectivity index (χ1n) is 6.68. The molecule has 0 radical (unpaired) electrons. The maximum Gasteiger partial charge on any atom is 0.315 e. The fourth-order valence-corrected chi connectivity index (χ4v) is 1.89. The fraction of sp³-hybridized carbons (Fsp3) is 0.500. The van der Waals surface area contributed by atoms with E-state index >= 15 is 0 Å². The highest BCUT2D eigenvalue weighted by Gasteiger charge is 2.16. The second-order valence-electron chi connectivity index (χ2n) is 4.93. The van der Waals surface area contributed by atoms with Gasteiger partial charge in [-0.15, -0.1) is 0 Å². The number of carbonyl (C=O) groups excluding carboxylic acids is 1. The lowest BCUT2D eigenvalue weighted by Crippen LogP contribution is -2.41. The van der Waals surface area contributed by atoms with Gasteiger partial charge < -0.3 is 25.2 Å². The summed E-state index contributed by atoms with van der Waals surface area (Å²) in [5, 5.41) is 15.4. The van der Waals surface area contributed by atoms with Crippen molar-refractivity contribution >= 4 is 6.03 Å². The van der Waals surface area contributed by atoms with Crippen molar-refractivity contribution < 1.29 is 19.4 Å². The molecular formula is C14H20N2O4. The Morgan fingerprint density at radius 2 is 2.00 bits per heavy atom. The SMILES string of the molecule is CC(C)NC(=O)NC[C@H](O)c1ccc2c(c1)OCCO2. The molecule has 0 saturated carbocycles. The fourth-order valence-electron chi connectivity index (χ4n) is 1.89. The summed E-state index contributed by atoms with van der Waals surface area (Å²) < 4.78 is 10.9. The lowest BCUT2D eigenvalue weighted by molar-refractivity contribution is 0.163. The number of hydrogen-bond acceptors (Lipinski definition) is 4. The molecule has 2 rings (SSSR count). The summed E-state index contributed by atoms with van der Waals surface area (Å²) in [7, 11) is 0. The number of carbonyl (C=O) groups is 1. The maximum atomic E-state index is 11.4. The highest BCUT2D eigenvalue weighted by atomic mass is 16.6. The van der Waals surface area contributed by atoms with Crippen molar-refractivity contribution in [2.75, 3.05) is 19.8 Å². The summed E-state index contributed by atoms with van der Waals surface area (Å²) >= 11 is 0. The molecule has 3 N–H and O–H groups in total. The number of nitrogens with one attached hydrogen (secondary N) is 2. The first kappa shape index (κ1) is 14.5. The minimum Gasteiger partial charge on any atom is -0.486 e. The molecule has 2 amide bonds. The average molecular weight is 280 g/mol. The Kier molecular flexibility index (Phi) is 4.68. The molecule has 1 atom stereocenters. The van der Waals surface area contributed by atoms with E-state index < -0.39 is 6.10 Å². The molecular weight excluding hydrogens is 260 g/mol. The summed E-state index contributed by atoms with van der Waals surface area (Å²) in [5.41, 5.74) is 0.680. The molecule has 110 valence electrons. The number of aliphatic hydroxyl groups is 1. The van der Waals surface area contributed by atoms with Crippen LogP contribution in [0.5, 0.6) is 11.5 Å². The van der Waals surface area contributed by atoms with Crippen LogP contribution in [0.25, 0.3) is 0 Å². The van der Waals surface area contributed by atoms with Crippen molar-refractivity contribution in [1.29, 1.82) is 0 Å². The Morgan fingerprint density at radius 3 is 2.70 bits per heavy atom. The maximum absolute atomic E-state index is 11.4. The summed E-state index contributed by atoms with van der Waals surface area (Å²) in [6.45, 7) is 4.92. The smallest absolute Gasteiger partial charge is 0.315 e. The van der Waals surface area contributed by atoms with E-state index in [0.717, 1.165) is 0 Å². The van der Waals surface area contributed by atoms with Crippen molar-refractivity contribution in [3.8, 4) is 11.5 Å². The van der Waals surface area contributed by atoms with Crippen LogP contribution in [-0.4, -0.2) is 36.9 Å². The van der Waals surface area contributed by atoms with Gasteiger partial charge in [0.05, 0.1) is 6.10 Å². The van der Waals surface area contributed by atoms with Gasteiger partial charge in [-0.2, -0.15) is 0 Å². The topological polar surface area (TPSA) is 79.8 Å².